The molecule has 126 valence electrons. The number of aromatic nitrogens is 2. The van der Waals surface area contributed by atoms with Gasteiger partial charge in [0.2, 0.25) is 11.8 Å². The lowest BCUT2D eigenvalue weighted by atomic mass is 10.0. The van der Waals surface area contributed by atoms with Gasteiger partial charge in [-0.05, 0) is 23.8 Å². The number of carboxylic acid groups (broad SMARTS) is 1. The Balaban J connectivity index is 1.84. The summed E-state index contributed by atoms with van der Waals surface area (Å²) in [7, 11) is 0. The van der Waals surface area contributed by atoms with Crippen LogP contribution < -0.4 is 0 Å². The summed E-state index contributed by atoms with van der Waals surface area (Å²) in [5.41, 5.74) is 1.72. The zero-order valence-corrected chi connectivity index (χ0v) is 13.2. The Morgan fingerprint density at radius 1 is 0.960 bits per heavy atom. The largest absolute Gasteiger partial charge is 0.494 e. The highest BCUT2D eigenvalue weighted by Crippen LogP contribution is 2.40. The fourth-order valence-electron chi connectivity index (χ4n) is 3.33. The third-order valence-electron chi connectivity index (χ3n) is 4.55. The minimum absolute atomic E-state index is 0.126. The lowest BCUT2D eigenvalue weighted by Crippen LogP contribution is -2.20. The molecule has 2 heterocycles. The van der Waals surface area contributed by atoms with E-state index in [4.69, 9.17) is 0 Å². The number of aromatic amines is 1. The molecule has 0 amide bonds. The van der Waals surface area contributed by atoms with Gasteiger partial charge in [-0.1, -0.05) is 30.3 Å². The molecule has 0 fully saturated rings. The average molecular weight is 336 g/mol. The molecular formula is C19H16N2O4. The number of H-pyrrole nitrogens is 1. The first-order valence-corrected chi connectivity index (χ1v) is 7.86. The monoisotopic (exact) mass is 336 g/mol. The Kier molecular flexibility index (Phi) is 3.39. The molecule has 4 N–H and O–H groups in total. The van der Waals surface area contributed by atoms with Gasteiger partial charge in [0.1, 0.15) is 6.04 Å². The highest BCUT2D eigenvalue weighted by atomic mass is 16.4. The summed E-state index contributed by atoms with van der Waals surface area (Å²) in [6.07, 6.45) is 1.89. The van der Waals surface area contributed by atoms with Crippen LogP contribution in [0.4, 0.5) is 0 Å². The van der Waals surface area contributed by atoms with Crippen LogP contribution in [-0.2, 0) is 11.2 Å². The van der Waals surface area contributed by atoms with E-state index in [0.717, 1.165) is 21.0 Å². The van der Waals surface area contributed by atoms with E-state index >= 15 is 0 Å². The number of hydrogen-bond acceptors (Lipinski definition) is 3. The minimum Gasteiger partial charge on any atom is -0.494 e. The second-order valence-corrected chi connectivity index (χ2v) is 5.98. The van der Waals surface area contributed by atoms with E-state index in [1.165, 1.54) is 0 Å². The quantitative estimate of drug-likeness (QED) is 0.459. The average Bonchev–Trinajstić information content (AvgIpc) is 3.13. The van der Waals surface area contributed by atoms with Crippen molar-refractivity contribution in [3.05, 3.63) is 60.3 Å². The molecule has 0 bridgehead atoms. The van der Waals surface area contributed by atoms with E-state index in [1.54, 1.807) is 30.5 Å². The van der Waals surface area contributed by atoms with E-state index in [9.17, 15) is 20.1 Å². The van der Waals surface area contributed by atoms with Gasteiger partial charge in [-0.3, -0.25) is 4.57 Å². The normalized spacial score (nSPS) is 12.6. The lowest BCUT2D eigenvalue weighted by molar-refractivity contribution is -0.141. The van der Waals surface area contributed by atoms with Crippen LogP contribution in [0.25, 0.3) is 21.7 Å². The molecule has 0 saturated carbocycles. The van der Waals surface area contributed by atoms with Crippen molar-refractivity contribution in [2.45, 2.75) is 12.5 Å². The van der Waals surface area contributed by atoms with E-state index in [2.05, 4.69) is 4.98 Å². The van der Waals surface area contributed by atoms with Crippen molar-refractivity contribution in [2.75, 3.05) is 0 Å². The summed E-state index contributed by atoms with van der Waals surface area (Å²) >= 11 is 0. The Hall–Kier alpha value is -3.41. The number of aromatic hydroxyl groups is 2. The van der Waals surface area contributed by atoms with Crippen LogP contribution >= 0.6 is 0 Å². The van der Waals surface area contributed by atoms with Gasteiger partial charge in [0.05, 0.1) is 0 Å². The van der Waals surface area contributed by atoms with Crippen molar-refractivity contribution < 1.29 is 20.1 Å². The molecule has 6 nitrogen and oxygen atoms in total. The summed E-state index contributed by atoms with van der Waals surface area (Å²) in [6.45, 7) is 0. The number of carbonyl (C=O) groups is 1. The molecule has 0 saturated heterocycles. The molecule has 1 atom stereocenters. The summed E-state index contributed by atoms with van der Waals surface area (Å²) in [6, 6.07) is 13.2. The van der Waals surface area contributed by atoms with Gasteiger partial charge in [-0.2, -0.15) is 0 Å². The Morgan fingerprint density at radius 3 is 2.12 bits per heavy atom. The zero-order chi connectivity index (χ0) is 17.6. The smallest absolute Gasteiger partial charge is 0.327 e. The Bertz CT molecular complexity index is 1050. The first-order valence-electron chi connectivity index (χ1n) is 7.86. The number of aliphatic carboxylic acids is 1. The molecule has 0 aliphatic carbocycles. The van der Waals surface area contributed by atoms with Crippen molar-refractivity contribution >= 4 is 27.6 Å². The summed E-state index contributed by atoms with van der Waals surface area (Å²) in [5.74, 6) is -1.63. The van der Waals surface area contributed by atoms with Gasteiger partial charge < -0.3 is 20.3 Å². The van der Waals surface area contributed by atoms with Crippen molar-refractivity contribution in [3.63, 3.8) is 0 Å². The standard InChI is InChI=1S/C19H16N2O4/c22-17-13-6-1-2-7-14(13)18(23)21(17)16(19(24)25)9-11-10-20-15-8-4-3-5-12(11)15/h1-8,10,16,20,22-23H,9H2,(H,24,25)/t16-/m0/s1. The van der Waals surface area contributed by atoms with Gasteiger partial charge in [0.25, 0.3) is 0 Å². The molecule has 0 aliphatic rings. The molecule has 6 heteroatoms. The SMILES string of the molecule is O=C(O)[C@H](Cc1c[nH]c2ccccc12)n1c(O)c2ccccc2c1O. The number of fused-ring (bicyclic) bond motifs is 2. The molecule has 4 aromatic rings. The van der Waals surface area contributed by atoms with Gasteiger partial charge >= 0.3 is 5.97 Å². The maximum atomic E-state index is 11.9. The number of nitrogens with one attached hydrogen (secondary N) is 1. The fraction of sp³-hybridized carbons (Fsp3) is 0.105. The van der Waals surface area contributed by atoms with Crippen molar-refractivity contribution in [1.82, 2.24) is 9.55 Å². The molecule has 0 aliphatic heterocycles. The number of benzene rings is 2. The van der Waals surface area contributed by atoms with E-state index < -0.39 is 12.0 Å². The number of rotatable bonds is 4. The van der Waals surface area contributed by atoms with Crippen LogP contribution in [0.15, 0.2) is 54.7 Å². The first kappa shape index (κ1) is 15.1. The maximum absolute atomic E-state index is 11.9. The van der Waals surface area contributed by atoms with Crippen molar-refractivity contribution in [2.24, 2.45) is 0 Å². The van der Waals surface area contributed by atoms with E-state index in [0.29, 0.717) is 10.8 Å². The molecule has 2 aromatic carbocycles. The highest BCUT2D eigenvalue weighted by Gasteiger charge is 2.28. The predicted octanol–water partition coefficient (Wildman–Crippen LogP) is 3.40. The number of nitrogens with zero attached hydrogens (tertiary/aromatic N) is 1. The second-order valence-electron chi connectivity index (χ2n) is 5.98. The molecule has 0 spiro atoms. The first-order chi connectivity index (χ1) is 12.1. The van der Waals surface area contributed by atoms with Crippen LogP contribution in [0, 0.1) is 0 Å². The topological polar surface area (TPSA) is 98.5 Å². The lowest BCUT2D eigenvalue weighted by Gasteiger charge is -2.16. The van der Waals surface area contributed by atoms with Crippen LogP contribution in [0.1, 0.15) is 11.6 Å². The molecule has 0 radical (unpaired) electrons. The van der Waals surface area contributed by atoms with Crippen molar-refractivity contribution in [1.29, 1.82) is 0 Å². The molecule has 4 rings (SSSR count). The number of carboxylic acids is 1. The number of para-hydroxylation sites is 1. The van der Waals surface area contributed by atoms with Crippen LogP contribution in [-0.4, -0.2) is 30.8 Å². The minimum atomic E-state index is -1.13. The predicted molar refractivity (Wildman–Crippen MR) is 93.9 cm³/mol. The summed E-state index contributed by atoms with van der Waals surface area (Å²) < 4.78 is 1.08. The van der Waals surface area contributed by atoms with Crippen molar-refractivity contribution in [3.8, 4) is 11.8 Å². The highest BCUT2D eigenvalue weighted by molar-refractivity contribution is 5.94. The van der Waals surface area contributed by atoms with E-state index in [-0.39, 0.29) is 18.2 Å². The van der Waals surface area contributed by atoms with Gasteiger partial charge in [0.15, 0.2) is 0 Å². The molecule has 2 aromatic heterocycles. The zero-order valence-electron chi connectivity index (χ0n) is 13.2. The maximum Gasteiger partial charge on any atom is 0.327 e. The van der Waals surface area contributed by atoms with Crippen LogP contribution in [0.2, 0.25) is 0 Å². The summed E-state index contributed by atoms with van der Waals surface area (Å²) in [5, 5.41) is 32.4. The Labute approximate surface area is 142 Å². The second kappa shape index (κ2) is 5.59. The van der Waals surface area contributed by atoms with E-state index in [1.807, 2.05) is 24.3 Å². The van der Waals surface area contributed by atoms with Gasteiger partial charge in [0, 0.05) is 34.3 Å². The van der Waals surface area contributed by atoms with Gasteiger partial charge in [-0.25, -0.2) is 4.79 Å². The molecular weight excluding hydrogens is 320 g/mol. The van der Waals surface area contributed by atoms with Crippen LogP contribution in [0.5, 0.6) is 11.8 Å². The van der Waals surface area contributed by atoms with Gasteiger partial charge in [-0.15, -0.1) is 0 Å². The molecule has 0 unspecified atom stereocenters. The summed E-state index contributed by atoms with van der Waals surface area (Å²) in [4.78, 5) is 15.0. The fourth-order valence-corrected chi connectivity index (χ4v) is 3.33. The van der Waals surface area contributed by atoms with Crippen LogP contribution in [0.3, 0.4) is 0 Å². The third kappa shape index (κ3) is 2.30. The Morgan fingerprint density at radius 2 is 1.52 bits per heavy atom. The molecule has 25 heavy (non-hydrogen) atoms. The number of hydrogen-bond donors (Lipinski definition) is 4. The third-order valence-corrected chi connectivity index (χ3v) is 4.55.